The summed E-state index contributed by atoms with van der Waals surface area (Å²) >= 11 is 0. The van der Waals surface area contributed by atoms with Gasteiger partial charge in [0.15, 0.2) is 0 Å². The van der Waals surface area contributed by atoms with E-state index in [0.717, 1.165) is 12.8 Å². The highest BCUT2D eigenvalue weighted by atomic mass is 32.2. The molecule has 1 aliphatic carbocycles. The fourth-order valence-electron chi connectivity index (χ4n) is 1.52. The van der Waals surface area contributed by atoms with Crippen LogP contribution in [0.3, 0.4) is 0 Å². The molecule has 4 nitrogen and oxygen atoms in total. The Balaban J connectivity index is 2.04. The molecule has 1 aliphatic heterocycles. The van der Waals surface area contributed by atoms with Gasteiger partial charge in [0.1, 0.15) is 0 Å². The van der Waals surface area contributed by atoms with Crippen LogP contribution in [0.25, 0.3) is 0 Å². The number of sulfonamides is 1. The molecule has 1 saturated carbocycles. The van der Waals surface area contributed by atoms with Gasteiger partial charge in [-0.15, -0.1) is 0 Å². The Morgan fingerprint density at radius 2 is 1.92 bits per heavy atom. The van der Waals surface area contributed by atoms with Crippen LogP contribution in [0.1, 0.15) is 19.8 Å². The standard InChI is InChI=1S/C7H14N2O2S/c1-7(8)4-9(5-7)12(10,11)6-2-3-6/h6H,2-5,8H2,1H3. The summed E-state index contributed by atoms with van der Waals surface area (Å²) in [6.07, 6.45) is 1.67. The molecule has 0 aromatic carbocycles. The van der Waals surface area contributed by atoms with E-state index in [-0.39, 0.29) is 10.8 Å². The Morgan fingerprint density at radius 3 is 2.25 bits per heavy atom. The van der Waals surface area contributed by atoms with Gasteiger partial charge in [-0.25, -0.2) is 8.42 Å². The molecule has 5 heteroatoms. The van der Waals surface area contributed by atoms with Crippen molar-refractivity contribution in [3.05, 3.63) is 0 Å². The molecule has 0 aromatic rings. The number of nitrogens with zero attached hydrogens (tertiary/aromatic N) is 1. The topological polar surface area (TPSA) is 63.4 Å². The first-order valence-electron chi connectivity index (χ1n) is 4.20. The fourth-order valence-corrected chi connectivity index (χ4v) is 3.62. The van der Waals surface area contributed by atoms with Crippen LogP contribution in [0.5, 0.6) is 0 Å². The average molecular weight is 190 g/mol. The first-order chi connectivity index (χ1) is 5.42. The maximum absolute atomic E-state index is 11.5. The summed E-state index contributed by atoms with van der Waals surface area (Å²) in [7, 11) is -2.95. The summed E-state index contributed by atoms with van der Waals surface area (Å²) in [6.45, 7) is 2.86. The van der Waals surface area contributed by atoms with Gasteiger partial charge >= 0.3 is 0 Å². The van der Waals surface area contributed by atoms with Crippen LogP contribution in [0.4, 0.5) is 0 Å². The Morgan fingerprint density at radius 1 is 1.42 bits per heavy atom. The van der Waals surface area contributed by atoms with E-state index >= 15 is 0 Å². The zero-order valence-corrected chi connectivity index (χ0v) is 7.97. The summed E-state index contributed by atoms with van der Waals surface area (Å²) < 4.78 is 24.6. The van der Waals surface area contributed by atoms with Crippen molar-refractivity contribution in [1.82, 2.24) is 4.31 Å². The normalized spacial score (nSPS) is 29.8. The van der Waals surface area contributed by atoms with Gasteiger partial charge in [-0.05, 0) is 19.8 Å². The van der Waals surface area contributed by atoms with Crippen LogP contribution in [-0.4, -0.2) is 36.6 Å². The van der Waals surface area contributed by atoms with E-state index in [4.69, 9.17) is 5.73 Å². The predicted molar refractivity (Wildman–Crippen MR) is 46.1 cm³/mol. The van der Waals surface area contributed by atoms with Crippen LogP contribution >= 0.6 is 0 Å². The molecule has 0 amide bonds. The monoisotopic (exact) mass is 190 g/mol. The highest BCUT2D eigenvalue weighted by Gasteiger charge is 2.48. The van der Waals surface area contributed by atoms with Gasteiger partial charge in [0.25, 0.3) is 0 Å². The lowest BCUT2D eigenvalue weighted by atomic mass is 9.97. The fraction of sp³-hybridized carbons (Fsp3) is 1.00. The molecule has 2 fully saturated rings. The zero-order chi connectivity index (χ0) is 8.98. The van der Waals surface area contributed by atoms with E-state index in [1.807, 2.05) is 6.92 Å². The van der Waals surface area contributed by atoms with Gasteiger partial charge in [-0.1, -0.05) is 0 Å². The van der Waals surface area contributed by atoms with Crippen molar-refractivity contribution in [2.24, 2.45) is 5.73 Å². The minimum atomic E-state index is -2.95. The van der Waals surface area contributed by atoms with E-state index in [1.165, 1.54) is 4.31 Å². The molecule has 2 rings (SSSR count). The maximum atomic E-state index is 11.5. The minimum Gasteiger partial charge on any atom is -0.323 e. The van der Waals surface area contributed by atoms with Gasteiger partial charge in [-0.2, -0.15) is 4.31 Å². The molecule has 0 bridgehead atoms. The minimum absolute atomic E-state index is 0.0893. The Hall–Kier alpha value is -0.130. The van der Waals surface area contributed by atoms with Gasteiger partial charge in [0.05, 0.1) is 5.25 Å². The molecular weight excluding hydrogens is 176 g/mol. The maximum Gasteiger partial charge on any atom is 0.217 e. The highest BCUT2D eigenvalue weighted by molar-refractivity contribution is 7.90. The number of rotatable bonds is 2. The quantitative estimate of drug-likeness (QED) is 0.639. The molecule has 2 aliphatic rings. The molecule has 70 valence electrons. The smallest absolute Gasteiger partial charge is 0.217 e. The second-order valence-electron chi connectivity index (χ2n) is 4.17. The van der Waals surface area contributed by atoms with Crippen molar-refractivity contribution >= 4 is 10.0 Å². The van der Waals surface area contributed by atoms with Crippen LogP contribution < -0.4 is 5.73 Å². The molecule has 0 radical (unpaired) electrons. The average Bonchev–Trinajstić information content (AvgIpc) is 2.62. The number of hydrogen-bond donors (Lipinski definition) is 1. The van der Waals surface area contributed by atoms with E-state index in [2.05, 4.69) is 0 Å². The van der Waals surface area contributed by atoms with Crippen molar-refractivity contribution in [3.63, 3.8) is 0 Å². The Labute approximate surface area is 72.8 Å². The molecule has 0 aromatic heterocycles. The molecular formula is C7H14N2O2S. The first kappa shape index (κ1) is 8.47. The molecule has 1 heterocycles. The third-order valence-corrected chi connectivity index (χ3v) is 4.67. The lowest BCUT2D eigenvalue weighted by Crippen LogP contribution is -2.67. The van der Waals surface area contributed by atoms with E-state index in [0.29, 0.717) is 13.1 Å². The van der Waals surface area contributed by atoms with Crippen molar-refractivity contribution in [2.45, 2.75) is 30.6 Å². The molecule has 0 spiro atoms. The summed E-state index contributed by atoms with van der Waals surface area (Å²) in [5, 5.41) is -0.0893. The van der Waals surface area contributed by atoms with Gasteiger partial charge in [0, 0.05) is 18.6 Å². The van der Waals surface area contributed by atoms with E-state index in [1.54, 1.807) is 0 Å². The first-order valence-corrected chi connectivity index (χ1v) is 5.70. The molecule has 1 saturated heterocycles. The summed E-state index contributed by atoms with van der Waals surface area (Å²) in [5.74, 6) is 0. The predicted octanol–water partition coefficient (Wildman–Crippen LogP) is -0.488. The number of hydrogen-bond acceptors (Lipinski definition) is 3. The second-order valence-corrected chi connectivity index (χ2v) is 6.38. The van der Waals surface area contributed by atoms with Crippen LogP contribution in [-0.2, 0) is 10.0 Å². The third-order valence-electron chi connectivity index (χ3n) is 2.38. The molecule has 12 heavy (non-hydrogen) atoms. The van der Waals surface area contributed by atoms with E-state index in [9.17, 15) is 8.42 Å². The van der Waals surface area contributed by atoms with Crippen LogP contribution in [0.15, 0.2) is 0 Å². The zero-order valence-electron chi connectivity index (χ0n) is 7.16. The van der Waals surface area contributed by atoms with Crippen LogP contribution in [0, 0.1) is 0 Å². The van der Waals surface area contributed by atoms with Gasteiger partial charge in [0.2, 0.25) is 10.0 Å². The summed E-state index contributed by atoms with van der Waals surface area (Å²) in [4.78, 5) is 0. The van der Waals surface area contributed by atoms with Gasteiger partial charge < -0.3 is 5.73 Å². The highest BCUT2D eigenvalue weighted by Crippen LogP contribution is 2.34. The van der Waals surface area contributed by atoms with Crippen molar-refractivity contribution in [2.75, 3.05) is 13.1 Å². The largest absolute Gasteiger partial charge is 0.323 e. The SMILES string of the molecule is CC1(N)CN(S(=O)(=O)C2CC2)C1. The lowest BCUT2D eigenvalue weighted by Gasteiger charge is -2.44. The van der Waals surface area contributed by atoms with Crippen LogP contribution in [0.2, 0.25) is 0 Å². The molecule has 0 unspecified atom stereocenters. The molecule has 0 atom stereocenters. The second kappa shape index (κ2) is 2.21. The lowest BCUT2D eigenvalue weighted by molar-refractivity contribution is 0.176. The summed E-state index contributed by atoms with van der Waals surface area (Å²) in [5.41, 5.74) is 5.43. The Bertz CT molecular complexity index is 285. The summed E-state index contributed by atoms with van der Waals surface area (Å²) in [6, 6.07) is 0. The van der Waals surface area contributed by atoms with Crippen molar-refractivity contribution in [3.8, 4) is 0 Å². The van der Waals surface area contributed by atoms with Crippen molar-refractivity contribution < 1.29 is 8.42 Å². The number of nitrogens with two attached hydrogens (primary N) is 1. The van der Waals surface area contributed by atoms with Gasteiger partial charge in [-0.3, -0.25) is 0 Å². The third kappa shape index (κ3) is 1.26. The van der Waals surface area contributed by atoms with E-state index < -0.39 is 10.0 Å². The van der Waals surface area contributed by atoms with Crippen molar-refractivity contribution in [1.29, 1.82) is 0 Å². The molecule has 2 N–H and O–H groups in total. The Kier molecular flexibility index (Phi) is 1.56.